The Morgan fingerprint density at radius 2 is 2.00 bits per heavy atom. The zero-order valence-electron chi connectivity index (χ0n) is 7.98. The SMILES string of the molecule is Nc1ncnc(NC2(C(F)(F)F)CC2)c1Cl. The minimum atomic E-state index is -4.32. The predicted molar refractivity (Wildman–Crippen MR) is 53.1 cm³/mol. The van der Waals surface area contributed by atoms with Gasteiger partial charge in [-0.15, -0.1) is 0 Å². The van der Waals surface area contributed by atoms with Crippen molar-refractivity contribution >= 4 is 23.2 Å². The number of alkyl halides is 3. The van der Waals surface area contributed by atoms with Gasteiger partial charge in [-0.2, -0.15) is 13.2 Å². The summed E-state index contributed by atoms with van der Waals surface area (Å²) in [5.74, 6) is -0.124. The van der Waals surface area contributed by atoms with Crippen LogP contribution < -0.4 is 11.1 Å². The molecule has 1 aliphatic rings. The molecule has 0 amide bonds. The average molecular weight is 253 g/mol. The van der Waals surface area contributed by atoms with Crippen molar-refractivity contribution in [2.24, 2.45) is 0 Å². The number of hydrogen-bond donors (Lipinski definition) is 2. The van der Waals surface area contributed by atoms with Gasteiger partial charge in [-0.25, -0.2) is 9.97 Å². The first kappa shape index (κ1) is 11.3. The zero-order chi connectivity index (χ0) is 12.0. The van der Waals surface area contributed by atoms with Crippen molar-refractivity contribution < 1.29 is 13.2 Å². The Balaban J connectivity index is 2.25. The molecule has 1 aromatic rings. The van der Waals surface area contributed by atoms with Gasteiger partial charge in [0.25, 0.3) is 0 Å². The van der Waals surface area contributed by atoms with E-state index < -0.39 is 11.7 Å². The van der Waals surface area contributed by atoms with Gasteiger partial charge in [0.15, 0.2) is 5.82 Å². The maximum atomic E-state index is 12.6. The van der Waals surface area contributed by atoms with Crippen LogP contribution in [0, 0.1) is 0 Å². The quantitative estimate of drug-likeness (QED) is 0.847. The van der Waals surface area contributed by atoms with E-state index in [1.807, 2.05) is 0 Å². The van der Waals surface area contributed by atoms with Crippen molar-refractivity contribution in [1.82, 2.24) is 9.97 Å². The Morgan fingerprint density at radius 1 is 1.38 bits per heavy atom. The van der Waals surface area contributed by atoms with E-state index in [0.717, 1.165) is 6.33 Å². The molecule has 2 rings (SSSR count). The van der Waals surface area contributed by atoms with Crippen molar-refractivity contribution in [2.45, 2.75) is 24.6 Å². The molecule has 0 saturated heterocycles. The third-order valence-corrected chi connectivity index (χ3v) is 2.84. The monoisotopic (exact) mass is 252 g/mol. The maximum absolute atomic E-state index is 12.6. The van der Waals surface area contributed by atoms with Crippen LogP contribution in [0.25, 0.3) is 0 Å². The van der Waals surface area contributed by atoms with Crippen molar-refractivity contribution in [3.05, 3.63) is 11.3 Å². The minimum absolute atomic E-state index is 0.0107. The second kappa shape index (κ2) is 3.38. The summed E-state index contributed by atoms with van der Waals surface area (Å²) in [7, 11) is 0. The Kier molecular flexibility index (Phi) is 2.37. The minimum Gasteiger partial charge on any atom is -0.382 e. The summed E-state index contributed by atoms with van der Waals surface area (Å²) in [5, 5.41) is 2.21. The van der Waals surface area contributed by atoms with E-state index in [4.69, 9.17) is 17.3 Å². The zero-order valence-corrected chi connectivity index (χ0v) is 8.73. The molecule has 1 saturated carbocycles. The number of nitrogens with one attached hydrogen (secondary N) is 1. The summed E-state index contributed by atoms with van der Waals surface area (Å²) >= 11 is 5.70. The number of nitrogens with zero attached hydrogens (tertiary/aromatic N) is 2. The molecule has 88 valence electrons. The summed E-state index contributed by atoms with van der Waals surface area (Å²) in [6.07, 6.45) is -3.24. The normalized spacial score (nSPS) is 18.2. The van der Waals surface area contributed by atoms with Crippen molar-refractivity contribution in [3.63, 3.8) is 0 Å². The lowest BCUT2D eigenvalue weighted by Crippen LogP contribution is -2.39. The van der Waals surface area contributed by atoms with Gasteiger partial charge in [-0.3, -0.25) is 0 Å². The maximum Gasteiger partial charge on any atom is 0.411 e. The van der Waals surface area contributed by atoms with Gasteiger partial charge in [-0.05, 0) is 12.8 Å². The van der Waals surface area contributed by atoms with Crippen molar-refractivity contribution in [2.75, 3.05) is 11.1 Å². The summed E-state index contributed by atoms with van der Waals surface area (Å²) in [6.45, 7) is 0. The van der Waals surface area contributed by atoms with Crippen LogP contribution in [0.15, 0.2) is 6.33 Å². The average Bonchev–Trinajstić information content (AvgIpc) is 2.93. The van der Waals surface area contributed by atoms with E-state index in [0.29, 0.717) is 0 Å². The van der Waals surface area contributed by atoms with Crippen LogP contribution in [-0.2, 0) is 0 Å². The number of anilines is 2. The molecule has 1 aliphatic carbocycles. The van der Waals surface area contributed by atoms with E-state index >= 15 is 0 Å². The molecule has 1 heterocycles. The summed E-state index contributed by atoms with van der Waals surface area (Å²) < 4.78 is 37.9. The standard InChI is InChI=1S/C8H8ClF3N4/c9-4-5(13)14-3-15-6(4)16-7(1-2-7)8(10,11)12/h3H,1-2H2,(H3,13,14,15,16). The van der Waals surface area contributed by atoms with E-state index in [1.165, 1.54) is 0 Å². The van der Waals surface area contributed by atoms with Crippen LogP contribution in [0.5, 0.6) is 0 Å². The predicted octanol–water partition coefficient (Wildman–Crippen LogP) is 2.22. The summed E-state index contributed by atoms with van der Waals surface area (Å²) in [5.41, 5.74) is 3.46. The number of rotatable bonds is 2. The summed E-state index contributed by atoms with van der Waals surface area (Å²) in [6, 6.07) is 0. The molecule has 16 heavy (non-hydrogen) atoms. The molecule has 0 spiro atoms. The number of aromatic nitrogens is 2. The highest BCUT2D eigenvalue weighted by Gasteiger charge is 2.63. The number of hydrogen-bond acceptors (Lipinski definition) is 4. The fraction of sp³-hybridized carbons (Fsp3) is 0.500. The Morgan fingerprint density at radius 3 is 2.50 bits per heavy atom. The van der Waals surface area contributed by atoms with E-state index in [1.54, 1.807) is 0 Å². The van der Waals surface area contributed by atoms with E-state index in [-0.39, 0.29) is 29.5 Å². The van der Waals surface area contributed by atoms with Gasteiger partial charge in [-0.1, -0.05) is 11.6 Å². The van der Waals surface area contributed by atoms with Crippen LogP contribution in [-0.4, -0.2) is 21.7 Å². The molecule has 3 N–H and O–H groups in total. The third kappa shape index (κ3) is 1.75. The molecular weight excluding hydrogens is 245 g/mol. The van der Waals surface area contributed by atoms with Gasteiger partial charge >= 0.3 is 6.18 Å². The summed E-state index contributed by atoms with van der Waals surface area (Å²) in [4.78, 5) is 7.21. The topological polar surface area (TPSA) is 63.8 Å². The lowest BCUT2D eigenvalue weighted by molar-refractivity contribution is -0.151. The fourth-order valence-corrected chi connectivity index (χ4v) is 1.45. The highest BCUT2D eigenvalue weighted by Crippen LogP contribution is 2.51. The number of halogens is 4. The van der Waals surface area contributed by atoms with Crippen LogP contribution in [0.3, 0.4) is 0 Å². The van der Waals surface area contributed by atoms with Gasteiger partial charge in [0.05, 0.1) is 0 Å². The lowest BCUT2D eigenvalue weighted by Gasteiger charge is -2.21. The number of nitrogen functional groups attached to an aromatic ring is 1. The Bertz CT molecular complexity index is 416. The van der Waals surface area contributed by atoms with E-state index in [9.17, 15) is 13.2 Å². The van der Waals surface area contributed by atoms with Crippen molar-refractivity contribution in [1.29, 1.82) is 0 Å². The molecule has 0 atom stereocenters. The molecule has 0 bridgehead atoms. The van der Waals surface area contributed by atoms with E-state index in [2.05, 4.69) is 15.3 Å². The molecule has 0 aliphatic heterocycles. The first-order valence-electron chi connectivity index (χ1n) is 4.47. The van der Waals surface area contributed by atoms with Crippen LogP contribution in [0.4, 0.5) is 24.8 Å². The first-order chi connectivity index (χ1) is 7.36. The third-order valence-electron chi connectivity index (χ3n) is 2.47. The lowest BCUT2D eigenvalue weighted by atomic mass is 10.2. The second-order valence-electron chi connectivity index (χ2n) is 3.63. The molecule has 1 fully saturated rings. The van der Waals surface area contributed by atoms with Crippen LogP contribution >= 0.6 is 11.6 Å². The van der Waals surface area contributed by atoms with Gasteiger partial charge < -0.3 is 11.1 Å². The number of nitrogens with two attached hydrogens (primary N) is 1. The molecule has 1 aromatic heterocycles. The highest BCUT2D eigenvalue weighted by molar-refractivity contribution is 6.35. The second-order valence-corrected chi connectivity index (χ2v) is 4.00. The Hall–Kier alpha value is -1.24. The molecule has 0 unspecified atom stereocenters. The highest BCUT2D eigenvalue weighted by atomic mass is 35.5. The Labute approximate surface area is 94.0 Å². The largest absolute Gasteiger partial charge is 0.411 e. The molecule has 8 heteroatoms. The fourth-order valence-electron chi connectivity index (χ4n) is 1.30. The molecule has 4 nitrogen and oxygen atoms in total. The van der Waals surface area contributed by atoms with Gasteiger partial charge in [0.1, 0.15) is 22.7 Å². The molecule has 0 aromatic carbocycles. The van der Waals surface area contributed by atoms with Crippen LogP contribution in [0.2, 0.25) is 5.02 Å². The van der Waals surface area contributed by atoms with Crippen molar-refractivity contribution in [3.8, 4) is 0 Å². The smallest absolute Gasteiger partial charge is 0.382 e. The van der Waals surface area contributed by atoms with Gasteiger partial charge in [0.2, 0.25) is 0 Å². The van der Waals surface area contributed by atoms with Crippen LogP contribution in [0.1, 0.15) is 12.8 Å². The molecule has 0 radical (unpaired) electrons. The molecular formula is C8H8ClF3N4. The first-order valence-corrected chi connectivity index (χ1v) is 4.84. The van der Waals surface area contributed by atoms with Gasteiger partial charge in [0, 0.05) is 0 Å².